The van der Waals surface area contributed by atoms with E-state index in [1.807, 2.05) is 11.9 Å². The predicted octanol–water partition coefficient (Wildman–Crippen LogP) is 1.35. The van der Waals surface area contributed by atoms with Crippen LogP contribution in [-0.4, -0.2) is 54.1 Å². The molecule has 1 aliphatic heterocycles. The van der Waals surface area contributed by atoms with Crippen LogP contribution in [0.3, 0.4) is 0 Å². The van der Waals surface area contributed by atoms with Gasteiger partial charge in [-0.1, -0.05) is 0 Å². The number of anilines is 1. The number of nitro groups is 1. The third-order valence-corrected chi connectivity index (χ3v) is 3.64. The Morgan fingerprint density at radius 1 is 1.30 bits per heavy atom. The normalized spacial score (nSPS) is 16.2. The number of piperazine rings is 1. The van der Waals surface area contributed by atoms with E-state index in [4.69, 9.17) is 5.11 Å². The van der Waals surface area contributed by atoms with Crippen molar-refractivity contribution >= 4 is 17.3 Å². The van der Waals surface area contributed by atoms with Crippen molar-refractivity contribution in [3.8, 4) is 0 Å². The summed E-state index contributed by atoms with van der Waals surface area (Å²) in [7, 11) is 2.01. The monoisotopic (exact) mass is 279 g/mol. The zero-order valence-corrected chi connectivity index (χ0v) is 11.5. The molecule has 0 radical (unpaired) electrons. The summed E-state index contributed by atoms with van der Waals surface area (Å²) in [6.07, 6.45) is 0. The summed E-state index contributed by atoms with van der Waals surface area (Å²) in [6.45, 7) is 4.83. The maximum absolute atomic E-state index is 11.1. The van der Waals surface area contributed by atoms with Gasteiger partial charge in [-0.05, 0) is 20.0 Å². The minimum absolute atomic E-state index is 0.0452. The largest absolute Gasteiger partial charge is 0.478 e. The quantitative estimate of drug-likeness (QED) is 0.664. The Hall–Kier alpha value is -2.15. The van der Waals surface area contributed by atoms with Crippen LogP contribution in [0.4, 0.5) is 11.4 Å². The van der Waals surface area contributed by atoms with Crippen molar-refractivity contribution < 1.29 is 14.8 Å². The molecule has 1 aromatic carbocycles. The van der Waals surface area contributed by atoms with Gasteiger partial charge in [0.1, 0.15) is 0 Å². The van der Waals surface area contributed by atoms with Gasteiger partial charge in [-0.25, -0.2) is 4.79 Å². The van der Waals surface area contributed by atoms with Gasteiger partial charge in [0.15, 0.2) is 0 Å². The summed E-state index contributed by atoms with van der Waals surface area (Å²) in [4.78, 5) is 25.8. The maximum atomic E-state index is 11.1. The summed E-state index contributed by atoms with van der Waals surface area (Å²) in [5, 5.41) is 20.2. The molecule has 7 nitrogen and oxygen atoms in total. The molecule has 108 valence electrons. The minimum atomic E-state index is -1.15. The molecule has 0 bridgehead atoms. The van der Waals surface area contributed by atoms with Gasteiger partial charge in [-0.2, -0.15) is 0 Å². The number of rotatable bonds is 3. The summed E-state index contributed by atoms with van der Waals surface area (Å²) in [5.74, 6) is -1.15. The van der Waals surface area contributed by atoms with Crippen molar-refractivity contribution in [3.63, 3.8) is 0 Å². The van der Waals surface area contributed by atoms with Gasteiger partial charge in [-0.3, -0.25) is 10.1 Å². The number of carbonyl (C=O) groups is 1. The lowest BCUT2D eigenvalue weighted by Crippen LogP contribution is -2.44. The Kier molecular flexibility index (Phi) is 3.89. The molecule has 0 aromatic heterocycles. The number of aromatic carboxylic acids is 1. The highest BCUT2D eigenvalue weighted by molar-refractivity contribution is 5.90. The Labute approximate surface area is 116 Å². The molecule has 1 heterocycles. The van der Waals surface area contributed by atoms with Crippen molar-refractivity contribution in [2.45, 2.75) is 6.92 Å². The molecule has 20 heavy (non-hydrogen) atoms. The van der Waals surface area contributed by atoms with Crippen LogP contribution >= 0.6 is 0 Å². The lowest BCUT2D eigenvalue weighted by molar-refractivity contribution is -0.385. The Morgan fingerprint density at radius 3 is 2.40 bits per heavy atom. The van der Waals surface area contributed by atoms with Crippen LogP contribution in [0.2, 0.25) is 0 Å². The van der Waals surface area contributed by atoms with Crippen LogP contribution in [0.5, 0.6) is 0 Å². The number of benzene rings is 1. The minimum Gasteiger partial charge on any atom is -0.478 e. The number of carboxylic acid groups (broad SMARTS) is 1. The van der Waals surface area contributed by atoms with Gasteiger partial charge in [0.05, 0.1) is 16.1 Å². The molecule has 0 aliphatic carbocycles. The van der Waals surface area contributed by atoms with E-state index in [1.54, 1.807) is 6.92 Å². The second-order valence-electron chi connectivity index (χ2n) is 4.99. The van der Waals surface area contributed by atoms with E-state index < -0.39 is 10.9 Å². The molecule has 0 atom stereocenters. The third-order valence-electron chi connectivity index (χ3n) is 3.64. The number of carboxylic acids is 1. The maximum Gasteiger partial charge on any atom is 0.336 e. The fraction of sp³-hybridized carbons (Fsp3) is 0.462. The fourth-order valence-electron chi connectivity index (χ4n) is 2.37. The van der Waals surface area contributed by atoms with Crippen molar-refractivity contribution in [1.29, 1.82) is 0 Å². The van der Waals surface area contributed by atoms with Crippen LogP contribution in [0.25, 0.3) is 0 Å². The van der Waals surface area contributed by atoms with Gasteiger partial charge in [-0.15, -0.1) is 0 Å². The topological polar surface area (TPSA) is 86.9 Å². The SMILES string of the molecule is Cc1c(N2CCN(C)CC2)cc(C(=O)O)cc1[N+](=O)[O-]. The molecule has 1 fully saturated rings. The zero-order valence-electron chi connectivity index (χ0n) is 11.5. The highest BCUT2D eigenvalue weighted by Gasteiger charge is 2.23. The fourth-order valence-corrected chi connectivity index (χ4v) is 2.37. The standard InChI is InChI=1S/C13H17N3O4/c1-9-11(15-5-3-14(2)4-6-15)7-10(13(17)18)8-12(9)16(19)20/h7-8H,3-6H2,1-2H3,(H,17,18). The van der Waals surface area contributed by atoms with Gasteiger partial charge in [0.25, 0.3) is 5.69 Å². The number of hydrogen-bond donors (Lipinski definition) is 1. The first-order valence-electron chi connectivity index (χ1n) is 6.36. The molecule has 0 saturated carbocycles. The average molecular weight is 279 g/mol. The molecular formula is C13H17N3O4. The Balaban J connectivity index is 2.45. The van der Waals surface area contributed by atoms with Crippen molar-refractivity contribution in [2.24, 2.45) is 0 Å². The number of nitrogens with zero attached hydrogens (tertiary/aromatic N) is 3. The molecule has 0 unspecified atom stereocenters. The molecule has 2 rings (SSSR count). The van der Waals surface area contributed by atoms with E-state index in [2.05, 4.69) is 4.90 Å². The molecule has 0 amide bonds. The van der Waals surface area contributed by atoms with E-state index in [1.165, 1.54) is 6.07 Å². The highest BCUT2D eigenvalue weighted by Crippen LogP contribution is 2.31. The van der Waals surface area contributed by atoms with E-state index in [0.717, 1.165) is 32.2 Å². The van der Waals surface area contributed by atoms with E-state index in [9.17, 15) is 14.9 Å². The van der Waals surface area contributed by atoms with Crippen LogP contribution in [0.15, 0.2) is 12.1 Å². The second kappa shape index (κ2) is 5.46. The van der Waals surface area contributed by atoms with E-state index >= 15 is 0 Å². The summed E-state index contributed by atoms with van der Waals surface area (Å²) < 4.78 is 0. The van der Waals surface area contributed by atoms with Crippen molar-refractivity contribution in [2.75, 3.05) is 38.1 Å². The van der Waals surface area contributed by atoms with Crippen LogP contribution in [-0.2, 0) is 0 Å². The van der Waals surface area contributed by atoms with E-state index in [0.29, 0.717) is 11.3 Å². The molecule has 1 saturated heterocycles. The zero-order chi connectivity index (χ0) is 14.9. The van der Waals surface area contributed by atoms with Gasteiger partial charge < -0.3 is 14.9 Å². The molecule has 1 aliphatic rings. The molecule has 7 heteroatoms. The van der Waals surface area contributed by atoms with E-state index in [-0.39, 0.29) is 11.3 Å². The number of hydrogen-bond acceptors (Lipinski definition) is 5. The van der Waals surface area contributed by atoms with Crippen LogP contribution in [0, 0.1) is 17.0 Å². The molecular weight excluding hydrogens is 262 g/mol. The third kappa shape index (κ3) is 2.72. The summed E-state index contributed by atoms with van der Waals surface area (Å²) >= 11 is 0. The van der Waals surface area contributed by atoms with Gasteiger partial charge >= 0.3 is 5.97 Å². The van der Waals surface area contributed by atoms with Crippen LogP contribution in [0.1, 0.15) is 15.9 Å². The summed E-state index contributed by atoms with van der Waals surface area (Å²) in [5.41, 5.74) is 0.976. The lowest BCUT2D eigenvalue weighted by atomic mass is 10.1. The molecule has 1 aromatic rings. The summed E-state index contributed by atoms with van der Waals surface area (Å²) in [6, 6.07) is 2.65. The first-order valence-corrected chi connectivity index (χ1v) is 6.36. The number of likely N-dealkylation sites (N-methyl/N-ethyl adjacent to an activating group) is 1. The lowest BCUT2D eigenvalue weighted by Gasteiger charge is -2.34. The molecule has 0 spiro atoms. The van der Waals surface area contributed by atoms with Gasteiger partial charge in [0, 0.05) is 37.9 Å². The highest BCUT2D eigenvalue weighted by atomic mass is 16.6. The first-order chi connectivity index (χ1) is 9.40. The first kappa shape index (κ1) is 14.3. The Bertz CT molecular complexity index is 551. The predicted molar refractivity (Wildman–Crippen MR) is 74.5 cm³/mol. The Morgan fingerprint density at radius 2 is 1.90 bits per heavy atom. The average Bonchev–Trinajstić information content (AvgIpc) is 2.39. The second-order valence-corrected chi connectivity index (χ2v) is 4.99. The van der Waals surface area contributed by atoms with Crippen molar-refractivity contribution in [1.82, 2.24) is 4.90 Å². The van der Waals surface area contributed by atoms with Gasteiger partial charge in [0.2, 0.25) is 0 Å². The van der Waals surface area contributed by atoms with Crippen molar-refractivity contribution in [3.05, 3.63) is 33.4 Å². The van der Waals surface area contributed by atoms with Crippen LogP contribution < -0.4 is 4.90 Å². The number of nitro benzene ring substituents is 1. The molecule has 1 N–H and O–H groups in total. The smallest absolute Gasteiger partial charge is 0.336 e.